The lowest BCUT2D eigenvalue weighted by molar-refractivity contribution is -0.117. The van der Waals surface area contributed by atoms with E-state index in [1.165, 1.54) is 0 Å². The molecule has 1 aromatic carbocycles. The number of nitrogens with zero attached hydrogens (tertiary/aromatic N) is 2. The van der Waals surface area contributed by atoms with Gasteiger partial charge >= 0.3 is 0 Å². The number of hydrogen-bond acceptors (Lipinski definition) is 4. The van der Waals surface area contributed by atoms with Gasteiger partial charge in [0.1, 0.15) is 17.6 Å². The van der Waals surface area contributed by atoms with Gasteiger partial charge in [-0.25, -0.2) is 4.98 Å². The lowest BCUT2D eigenvalue weighted by atomic mass is 9.94. The Morgan fingerprint density at radius 2 is 2.04 bits per heavy atom. The fraction of sp³-hybridized carbons (Fsp3) is 0.300. The molecule has 0 saturated heterocycles. The van der Waals surface area contributed by atoms with E-state index >= 15 is 0 Å². The van der Waals surface area contributed by atoms with E-state index in [2.05, 4.69) is 9.97 Å². The van der Waals surface area contributed by atoms with Crippen molar-refractivity contribution in [2.45, 2.75) is 33.7 Å². The molecule has 3 heterocycles. The number of nitrogens with one attached hydrogen (secondary N) is 1. The second-order valence-corrected chi connectivity index (χ2v) is 7.03. The van der Waals surface area contributed by atoms with Crippen molar-refractivity contribution in [3.8, 4) is 0 Å². The second kappa shape index (κ2) is 5.76. The molecule has 1 amide bonds. The fourth-order valence-electron chi connectivity index (χ4n) is 3.57. The topological polar surface area (TPSA) is 82.4 Å². The van der Waals surface area contributed by atoms with Gasteiger partial charge in [-0.2, -0.15) is 0 Å². The Morgan fingerprint density at radius 1 is 1.27 bits per heavy atom. The quantitative estimate of drug-likeness (QED) is 0.736. The standard InChI is InChI=1S/C20H21N3O3/c1-10(2)17-18(16-7-11(3)12(4)26-16)23(20(25)19(17)24)13-5-6-14-15(8-13)22-9-21-14/h5-10,18,24H,1-4H3,(H,21,22). The van der Waals surface area contributed by atoms with Crippen molar-refractivity contribution in [1.29, 1.82) is 0 Å². The van der Waals surface area contributed by atoms with E-state index in [1.807, 2.05) is 52.0 Å². The normalized spacial score (nSPS) is 18.0. The van der Waals surface area contributed by atoms with E-state index in [-0.39, 0.29) is 11.7 Å². The molecule has 26 heavy (non-hydrogen) atoms. The van der Waals surface area contributed by atoms with Crippen LogP contribution in [-0.4, -0.2) is 21.0 Å². The van der Waals surface area contributed by atoms with E-state index in [0.717, 1.165) is 22.4 Å². The van der Waals surface area contributed by atoms with Gasteiger partial charge in [0.15, 0.2) is 5.76 Å². The molecule has 0 saturated carbocycles. The van der Waals surface area contributed by atoms with Crippen LogP contribution in [0.5, 0.6) is 0 Å². The number of aliphatic hydroxyl groups excluding tert-OH is 1. The van der Waals surface area contributed by atoms with Crippen molar-refractivity contribution < 1.29 is 14.3 Å². The Kier molecular flexibility index (Phi) is 3.64. The molecule has 2 N–H and O–H groups in total. The largest absolute Gasteiger partial charge is 0.503 e. The third kappa shape index (κ3) is 2.33. The highest BCUT2D eigenvalue weighted by Gasteiger charge is 2.44. The third-order valence-electron chi connectivity index (χ3n) is 5.01. The van der Waals surface area contributed by atoms with E-state index in [9.17, 15) is 9.90 Å². The average molecular weight is 351 g/mol. The maximum atomic E-state index is 12.9. The summed E-state index contributed by atoms with van der Waals surface area (Å²) >= 11 is 0. The Balaban J connectivity index is 1.89. The molecule has 1 aliphatic rings. The lowest BCUT2D eigenvalue weighted by Gasteiger charge is -2.26. The molecule has 4 rings (SSSR count). The second-order valence-electron chi connectivity index (χ2n) is 7.03. The van der Waals surface area contributed by atoms with Crippen molar-refractivity contribution in [2.24, 2.45) is 5.92 Å². The Bertz CT molecular complexity index is 1020. The summed E-state index contributed by atoms with van der Waals surface area (Å²) in [5.41, 5.74) is 4.03. The van der Waals surface area contributed by atoms with Crippen LogP contribution in [0.2, 0.25) is 0 Å². The fourth-order valence-corrected chi connectivity index (χ4v) is 3.57. The number of carbonyl (C=O) groups is 1. The SMILES string of the molecule is Cc1cc(C2C(C(C)C)=C(O)C(=O)N2c2ccc3nc[nH]c3c2)oc1C. The third-order valence-corrected chi connectivity index (χ3v) is 5.01. The Morgan fingerprint density at radius 3 is 2.69 bits per heavy atom. The number of aryl methyl sites for hydroxylation is 2. The number of benzene rings is 1. The maximum Gasteiger partial charge on any atom is 0.294 e. The van der Waals surface area contributed by atoms with Crippen LogP contribution in [-0.2, 0) is 4.79 Å². The van der Waals surface area contributed by atoms with Crippen LogP contribution in [0.15, 0.2) is 46.3 Å². The van der Waals surface area contributed by atoms with Gasteiger partial charge in [0, 0.05) is 11.3 Å². The van der Waals surface area contributed by atoms with Gasteiger partial charge in [0.2, 0.25) is 0 Å². The summed E-state index contributed by atoms with van der Waals surface area (Å²) in [5, 5.41) is 10.6. The molecule has 6 heteroatoms. The summed E-state index contributed by atoms with van der Waals surface area (Å²) < 4.78 is 5.94. The molecule has 0 aliphatic carbocycles. The van der Waals surface area contributed by atoms with Crippen LogP contribution < -0.4 is 4.90 Å². The van der Waals surface area contributed by atoms with E-state index in [1.54, 1.807) is 11.2 Å². The number of aromatic nitrogens is 2. The van der Waals surface area contributed by atoms with Crippen LogP contribution in [0.1, 0.15) is 37.0 Å². The zero-order chi connectivity index (χ0) is 18.6. The predicted octanol–water partition coefficient (Wildman–Crippen LogP) is 4.33. The number of aliphatic hydroxyl groups is 1. The smallest absolute Gasteiger partial charge is 0.294 e. The van der Waals surface area contributed by atoms with Crippen molar-refractivity contribution >= 4 is 22.6 Å². The molecule has 0 bridgehead atoms. The number of aromatic amines is 1. The minimum Gasteiger partial charge on any atom is -0.503 e. The number of furan rings is 1. The molecule has 134 valence electrons. The number of H-pyrrole nitrogens is 1. The minimum atomic E-state index is -0.463. The molecular formula is C20H21N3O3. The van der Waals surface area contributed by atoms with Crippen molar-refractivity contribution in [2.75, 3.05) is 4.90 Å². The number of carbonyl (C=O) groups excluding carboxylic acids is 1. The lowest BCUT2D eigenvalue weighted by Crippen LogP contribution is -2.30. The van der Waals surface area contributed by atoms with Crippen molar-refractivity contribution in [3.05, 3.63) is 59.0 Å². The first-order chi connectivity index (χ1) is 12.4. The van der Waals surface area contributed by atoms with Gasteiger partial charge in [-0.3, -0.25) is 9.69 Å². The van der Waals surface area contributed by atoms with Crippen LogP contribution in [0.4, 0.5) is 5.69 Å². The highest BCUT2D eigenvalue weighted by atomic mass is 16.3. The van der Waals surface area contributed by atoms with E-state index in [4.69, 9.17) is 4.42 Å². The van der Waals surface area contributed by atoms with Gasteiger partial charge < -0.3 is 14.5 Å². The minimum absolute atomic E-state index is 0.00412. The first-order valence-electron chi connectivity index (χ1n) is 8.65. The molecule has 1 atom stereocenters. The summed E-state index contributed by atoms with van der Waals surface area (Å²) in [7, 11) is 0. The summed E-state index contributed by atoms with van der Waals surface area (Å²) in [4.78, 5) is 21.8. The molecule has 2 aromatic heterocycles. The zero-order valence-corrected chi connectivity index (χ0v) is 15.2. The van der Waals surface area contributed by atoms with Crippen LogP contribution in [0.25, 0.3) is 11.0 Å². The van der Waals surface area contributed by atoms with E-state index in [0.29, 0.717) is 17.0 Å². The zero-order valence-electron chi connectivity index (χ0n) is 15.2. The number of hydrogen-bond donors (Lipinski definition) is 2. The van der Waals surface area contributed by atoms with Crippen LogP contribution >= 0.6 is 0 Å². The molecule has 3 aromatic rings. The molecular weight excluding hydrogens is 330 g/mol. The van der Waals surface area contributed by atoms with Crippen molar-refractivity contribution in [1.82, 2.24) is 9.97 Å². The number of amides is 1. The molecule has 0 spiro atoms. The highest BCUT2D eigenvalue weighted by Crippen LogP contribution is 2.44. The number of imidazole rings is 1. The summed E-state index contributed by atoms with van der Waals surface area (Å²) in [6, 6.07) is 7.04. The van der Waals surface area contributed by atoms with Gasteiger partial charge in [-0.1, -0.05) is 13.8 Å². The molecule has 1 aliphatic heterocycles. The first-order valence-corrected chi connectivity index (χ1v) is 8.65. The van der Waals surface area contributed by atoms with Gasteiger partial charge in [-0.15, -0.1) is 0 Å². The molecule has 1 unspecified atom stereocenters. The Hall–Kier alpha value is -3.02. The summed E-state index contributed by atoms with van der Waals surface area (Å²) in [6.45, 7) is 7.81. The number of anilines is 1. The molecule has 0 fully saturated rings. The highest BCUT2D eigenvalue weighted by molar-refractivity contribution is 6.09. The van der Waals surface area contributed by atoms with E-state index < -0.39 is 11.9 Å². The number of rotatable bonds is 3. The predicted molar refractivity (Wildman–Crippen MR) is 99.0 cm³/mol. The summed E-state index contributed by atoms with van der Waals surface area (Å²) in [6.07, 6.45) is 1.62. The van der Waals surface area contributed by atoms with Gasteiger partial charge in [0.25, 0.3) is 5.91 Å². The monoisotopic (exact) mass is 351 g/mol. The molecule has 0 radical (unpaired) electrons. The maximum absolute atomic E-state index is 12.9. The van der Waals surface area contributed by atoms with Crippen LogP contribution in [0, 0.1) is 19.8 Å². The number of fused-ring (bicyclic) bond motifs is 1. The Labute approximate surface area is 151 Å². The molecule has 6 nitrogen and oxygen atoms in total. The summed E-state index contributed by atoms with van der Waals surface area (Å²) in [5.74, 6) is 0.859. The average Bonchev–Trinajstić information content (AvgIpc) is 3.25. The first kappa shape index (κ1) is 16.4. The van der Waals surface area contributed by atoms with Gasteiger partial charge in [-0.05, 0) is 49.6 Å². The van der Waals surface area contributed by atoms with Gasteiger partial charge in [0.05, 0.1) is 17.4 Å². The van der Waals surface area contributed by atoms with Crippen molar-refractivity contribution in [3.63, 3.8) is 0 Å². The van der Waals surface area contributed by atoms with Crippen LogP contribution in [0.3, 0.4) is 0 Å².